The average molecular weight is 251 g/mol. The number of benzene rings is 1. The number of morpholine rings is 1. The van der Waals surface area contributed by atoms with Crippen LogP contribution in [0.5, 0.6) is 0 Å². The maximum atomic E-state index is 14.1. The predicted molar refractivity (Wildman–Crippen MR) is 68.6 cm³/mol. The first-order valence-corrected chi connectivity index (χ1v) is 6.08. The van der Waals surface area contributed by atoms with Crippen molar-refractivity contribution in [1.82, 2.24) is 0 Å². The number of hydrogen-bond acceptors (Lipinski definition) is 3. The van der Waals surface area contributed by atoms with Gasteiger partial charge in [0.1, 0.15) is 5.82 Å². The molecule has 98 valence electrons. The molecular weight excluding hydrogens is 233 g/mol. The smallest absolute Gasteiger partial charge is 0.159 e. The zero-order valence-electron chi connectivity index (χ0n) is 11.0. The van der Waals surface area contributed by atoms with Crippen molar-refractivity contribution in [2.45, 2.75) is 26.3 Å². The molecule has 1 aliphatic rings. The molecule has 0 spiro atoms. The van der Waals surface area contributed by atoms with Crippen LogP contribution in [0.1, 0.15) is 31.1 Å². The second kappa shape index (κ2) is 4.69. The number of halogens is 1. The SMILES string of the molecule is CC(=O)c1ccc(N2CCOCC2(C)C)c(F)c1. The van der Waals surface area contributed by atoms with Gasteiger partial charge in [0.05, 0.1) is 24.4 Å². The van der Waals surface area contributed by atoms with E-state index < -0.39 is 0 Å². The summed E-state index contributed by atoms with van der Waals surface area (Å²) in [5.41, 5.74) is 0.701. The molecule has 0 amide bonds. The summed E-state index contributed by atoms with van der Waals surface area (Å²) in [6.07, 6.45) is 0. The molecule has 1 fully saturated rings. The second-order valence-corrected chi connectivity index (χ2v) is 5.24. The third-order valence-electron chi connectivity index (χ3n) is 3.29. The molecule has 1 aromatic carbocycles. The Kier molecular flexibility index (Phi) is 3.39. The summed E-state index contributed by atoms with van der Waals surface area (Å²) in [6, 6.07) is 4.66. The van der Waals surface area contributed by atoms with Gasteiger partial charge in [0.15, 0.2) is 5.78 Å². The summed E-state index contributed by atoms with van der Waals surface area (Å²) in [6.45, 7) is 7.30. The molecule has 0 N–H and O–H groups in total. The van der Waals surface area contributed by atoms with E-state index in [1.807, 2.05) is 18.7 Å². The van der Waals surface area contributed by atoms with Gasteiger partial charge in [-0.3, -0.25) is 4.79 Å². The van der Waals surface area contributed by atoms with Crippen molar-refractivity contribution < 1.29 is 13.9 Å². The molecule has 1 saturated heterocycles. The lowest BCUT2D eigenvalue weighted by Gasteiger charge is -2.43. The third kappa shape index (κ3) is 2.38. The minimum atomic E-state index is -0.349. The van der Waals surface area contributed by atoms with Gasteiger partial charge in [-0.15, -0.1) is 0 Å². The molecule has 0 aromatic heterocycles. The normalized spacial score (nSPS) is 18.8. The Morgan fingerprint density at radius 1 is 1.44 bits per heavy atom. The average Bonchev–Trinajstić information content (AvgIpc) is 2.29. The number of carbonyl (C=O) groups is 1. The van der Waals surface area contributed by atoms with Gasteiger partial charge in [-0.25, -0.2) is 4.39 Å². The molecular formula is C14H18FNO2. The predicted octanol–water partition coefficient (Wildman–Crippen LogP) is 2.64. The van der Waals surface area contributed by atoms with Crippen molar-refractivity contribution >= 4 is 11.5 Å². The number of carbonyl (C=O) groups excluding carboxylic acids is 1. The summed E-state index contributed by atoms with van der Waals surface area (Å²) >= 11 is 0. The minimum absolute atomic E-state index is 0.123. The second-order valence-electron chi connectivity index (χ2n) is 5.24. The van der Waals surface area contributed by atoms with Crippen molar-refractivity contribution in [2.75, 3.05) is 24.7 Å². The van der Waals surface area contributed by atoms with Crippen LogP contribution in [0.4, 0.5) is 10.1 Å². The highest BCUT2D eigenvalue weighted by Crippen LogP contribution is 2.29. The number of rotatable bonds is 2. The standard InChI is InChI=1S/C14H18FNO2/c1-10(17)11-4-5-13(12(15)8-11)16-6-7-18-9-14(16,2)3/h4-5,8H,6-7,9H2,1-3H3. The van der Waals surface area contributed by atoms with Crippen LogP contribution in [-0.2, 0) is 4.74 Å². The van der Waals surface area contributed by atoms with Crippen molar-refractivity contribution in [3.63, 3.8) is 0 Å². The molecule has 1 heterocycles. The van der Waals surface area contributed by atoms with Gasteiger partial charge in [-0.1, -0.05) is 0 Å². The molecule has 4 heteroatoms. The summed E-state index contributed by atoms with van der Waals surface area (Å²) in [5, 5.41) is 0. The summed E-state index contributed by atoms with van der Waals surface area (Å²) < 4.78 is 19.5. The number of Topliss-reactive ketones (excluding diaryl/α,β-unsaturated/α-hetero) is 1. The first-order chi connectivity index (χ1) is 8.42. The molecule has 0 aliphatic carbocycles. The van der Waals surface area contributed by atoms with Gasteiger partial charge in [0.2, 0.25) is 0 Å². The lowest BCUT2D eigenvalue weighted by atomic mass is 10.0. The molecule has 18 heavy (non-hydrogen) atoms. The molecule has 0 saturated carbocycles. The first kappa shape index (κ1) is 13.0. The minimum Gasteiger partial charge on any atom is -0.377 e. The van der Waals surface area contributed by atoms with Crippen LogP contribution in [0.3, 0.4) is 0 Å². The van der Waals surface area contributed by atoms with Crippen LogP contribution < -0.4 is 4.90 Å². The van der Waals surface area contributed by atoms with Gasteiger partial charge in [0.25, 0.3) is 0 Å². The first-order valence-electron chi connectivity index (χ1n) is 6.08. The Morgan fingerprint density at radius 3 is 2.72 bits per heavy atom. The highest BCUT2D eigenvalue weighted by Gasteiger charge is 2.32. The van der Waals surface area contributed by atoms with E-state index in [2.05, 4.69) is 0 Å². The molecule has 3 nitrogen and oxygen atoms in total. The van der Waals surface area contributed by atoms with Crippen LogP contribution in [0.25, 0.3) is 0 Å². The van der Waals surface area contributed by atoms with Crippen LogP contribution in [0.15, 0.2) is 18.2 Å². The Hall–Kier alpha value is -1.42. The monoisotopic (exact) mass is 251 g/mol. The van der Waals surface area contributed by atoms with E-state index in [-0.39, 0.29) is 17.1 Å². The summed E-state index contributed by atoms with van der Waals surface area (Å²) in [4.78, 5) is 13.2. The fourth-order valence-electron chi connectivity index (χ4n) is 2.25. The van der Waals surface area contributed by atoms with Crippen molar-refractivity contribution in [3.8, 4) is 0 Å². The highest BCUT2D eigenvalue weighted by atomic mass is 19.1. The lowest BCUT2D eigenvalue weighted by molar-refractivity contribution is 0.0640. The highest BCUT2D eigenvalue weighted by molar-refractivity contribution is 5.94. The third-order valence-corrected chi connectivity index (χ3v) is 3.29. The van der Waals surface area contributed by atoms with Crippen LogP contribution >= 0.6 is 0 Å². The van der Waals surface area contributed by atoms with Crippen LogP contribution in [-0.4, -0.2) is 31.1 Å². The van der Waals surface area contributed by atoms with E-state index in [0.717, 1.165) is 0 Å². The van der Waals surface area contributed by atoms with Crippen molar-refractivity contribution in [1.29, 1.82) is 0 Å². The van der Waals surface area contributed by atoms with E-state index in [1.165, 1.54) is 13.0 Å². The Morgan fingerprint density at radius 2 is 2.17 bits per heavy atom. The quantitative estimate of drug-likeness (QED) is 0.757. The molecule has 2 rings (SSSR count). The largest absolute Gasteiger partial charge is 0.377 e. The van der Waals surface area contributed by atoms with Crippen molar-refractivity contribution in [3.05, 3.63) is 29.6 Å². The Bertz CT molecular complexity index is 471. The van der Waals surface area contributed by atoms with Gasteiger partial charge in [-0.05, 0) is 39.0 Å². The summed E-state index contributed by atoms with van der Waals surface area (Å²) in [7, 11) is 0. The van der Waals surface area contributed by atoms with Crippen LogP contribution in [0, 0.1) is 5.82 Å². The fourth-order valence-corrected chi connectivity index (χ4v) is 2.25. The molecule has 1 aromatic rings. The van der Waals surface area contributed by atoms with E-state index in [4.69, 9.17) is 4.74 Å². The number of ketones is 1. The summed E-state index contributed by atoms with van der Waals surface area (Å²) in [5.74, 6) is -0.473. The number of anilines is 1. The van der Waals surface area contributed by atoms with E-state index in [9.17, 15) is 9.18 Å². The van der Waals surface area contributed by atoms with Gasteiger partial charge >= 0.3 is 0 Å². The van der Waals surface area contributed by atoms with Crippen LogP contribution in [0.2, 0.25) is 0 Å². The number of nitrogens with zero attached hydrogens (tertiary/aromatic N) is 1. The lowest BCUT2D eigenvalue weighted by Crippen LogP contribution is -2.53. The Balaban J connectivity index is 2.36. The maximum absolute atomic E-state index is 14.1. The number of hydrogen-bond donors (Lipinski definition) is 0. The van der Waals surface area contributed by atoms with Gasteiger partial charge in [0, 0.05) is 12.1 Å². The van der Waals surface area contributed by atoms with E-state index >= 15 is 0 Å². The molecule has 0 radical (unpaired) electrons. The van der Waals surface area contributed by atoms with Gasteiger partial charge in [-0.2, -0.15) is 0 Å². The molecule has 0 unspecified atom stereocenters. The molecule has 1 aliphatic heterocycles. The van der Waals surface area contributed by atoms with E-state index in [0.29, 0.717) is 31.0 Å². The molecule has 0 bridgehead atoms. The maximum Gasteiger partial charge on any atom is 0.159 e. The fraction of sp³-hybridized carbons (Fsp3) is 0.500. The zero-order valence-corrected chi connectivity index (χ0v) is 11.0. The Labute approximate surface area is 107 Å². The van der Waals surface area contributed by atoms with Crippen molar-refractivity contribution in [2.24, 2.45) is 0 Å². The zero-order chi connectivity index (χ0) is 13.3. The topological polar surface area (TPSA) is 29.5 Å². The van der Waals surface area contributed by atoms with Gasteiger partial charge < -0.3 is 9.64 Å². The number of ether oxygens (including phenoxy) is 1. The molecule has 0 atom stereocenters. The van der Waals surface area contributed by atoms with E-state index in [1.54, 1.807) is 12.1 Å².